The van der Waals surface area contributed by atoms with Gasteiger partial charge in [0.2, 0.25) is 0 Å². The first-order valence-corrected chi connectivity index (χ1v) is 8.94. The largest absolute Gasteiger partial charge is 0.478 e. The average molecular weight is 330 g/mol. The van der Waals surface area contributed by atoms with Crippen LogP contribution >= 0.6 is 0 Å². The van der Waals surface area contributed by atoms with Gasteiger partial charge < -0.3 is 10.4 Å². The van der Waals surface area contributed by atoms with Crippen LogP contribution in [0.1, 0.15) is 50.6 Å². The van der Waals surface area contributed by atoms with Gasteiger partial charge >= 0.3 is 5.97 Å². The van der Waals surface area contributed by atoms with Gasteiger partial charge in [0.05, 0.1) is 18.1 Å². The van der Waals surface area contributed by atoms with Crippen LogP contribution in [0.3, 0.4) is 0 Å². The van der Waals surface area contributed by atoms with Crippen molar-refractivity contribution < 1.29 is 9.90 Å². The molecule has 1 aliphatic carbocycles. The Morgan fingerprint density at radius 2 is 2.00 bits per heavy atom. The number of aromatic nitrogens is 2. The quantitative estimate of drug-likeness (QED) is 0.808. The summed E-state index contributed by atoms with van der Waals surface area (Å²) in [4.78, 5) is 21.8. The molecule has 0 spiro atoms. The number of hydrogen-bond donors (Lipinski definition) is 2. The molecule has 0 radical (unpaired) electrons. The molecule has 1 aromatic rings. The van der Waals surface area contributed by atoms with Crippen molar-refractivity contribution in [2.75, 3.05) is 18.4 Å². The minimum atomic E-state index is -0.982. The molecular weight excluding hydrogens is 304 g/mol. The van der Waals surface area contributed by atoms with Crippen molar-refractivity contribution in [2.45, 2.75) is 57.0 Å². The molecule has 1 aromatic heterocycles. The van der Waals surface area contributed by atoms with Crippen LogP contribution in [0, 0.1) is 0 Å². The first-order valence-electron chi connectivity index (χ1n) is 8.94. The highest BCUT2D eigenvalue weighted by atomic mass is 16.4. The van der Waals surface area contributed by atoms with Gasteiger partial charge in [-0.2, -0.15) is 0 Å². The summed E-state index contributed by atoms with van der Waals surface area (Å²) in [6, 6.07) is 1.17. The van der Waals surface area contributed by atoms with Gasteiger partial charge in [0.1, 0.15) is 5.82 Å². The van der Waals surface area contributed by atoms with Crippen LogP contribution in [-0.4, -0.2) is 51.1 Å². The van der Waals surface area contributed by atoms with Crippen LogP contribution < -0.4 is 5.32 Å². The zero-order valence-electron chi connectivity index (χ0n) is 14.0. The maximum atomic E-state index is 10.5. The Morgan fingerprint density at radius 1 is 1.17 bits per heavy atom. The van der Waals surface area contributed by atoms with Crippen molar-refractivity contribution in [3.8, 4) is 0 Å². The number of aliphatic carboxylic acids is 1. The number of carboxylic acid groups (broad SMARTS) is 1. The van der Waals surface area contributed by atoms with Crippen molar-refractivity contribution >= 4 is 17.9 Å². The Balaban J connectivity index is 1.54. The predicted molar refractivity (Wildman–Crippen MR) is 93.8 cm³/mol. The lowest BCUT2D eigenvalue weighted by Gasteiger charge is -2.40. The summed E-state index contributed by atoms with van der Waals surface area (Å²) in [5, 5.41) is 12.1. The molecule has 0 unspecified atom stereocenters. The van der Waals surface area contributed by atoms with E-state index in [4.69, 9.17) is 5.11 Å². The van der Waals surface area contributed by atoms with E-state index in [1.54, 1.807) is 12.4 Å². The first-order chi connectivity index (χ1) is 11.7. The molecule has 1 atom stereocenters. The summed E-state index contributed by atoms with van der Waals surface area (Å²) in [6.07, 6.45) is 15.0. The van der Waals surface area contributed by atoms with Crippen molar-refractivity contribution in [2.24, 2.45) is 0 Å². The zero-order chi connectivity index (χ0) is 16.8. The minimum Gasteiger partial charge on any atom is -0.478 e. The highest BCUT2D eigenvalue weighted by Gasteiger charge is 2.26. The van der Waals surface area contributed by atoms with E-state index in [0.29, 0.717) is 11.7 Å². The second kappa shape index (κ2) is 8.24. The molecule has 2 N–H and O–H groups in total. The maximum Gasteiger partial charge on any atom is 0.328 e. The van der Waals surface area contributed by atoms with Crippen LogP contribution in [-0.2, 0) is 4.79 Å². The molecule has 24 heavy (non-hydrogen) atoms. The monoisotopic (exact) mass is 330 g/mol. The summed E-state index contributed by atoms with van der Waals surface area (Å²) in [5.41, 5.74) is 0.551. The Kier molecular flexibility index (Phi) is 5.80. The van der Waals surface area contributed by atoms with E-state index in [2.05, 4.69) is 20.2 Å². The summed E-state index contributed by atoms with van der Waals surface area (Å²) in [6.45, 7) is 2.29. The van der Waals surface area contributed by atoms with Gasteiger partial charge in [0.25, 0.3) is 0 Å². The second-order valence-electron chi connectivity index (χ2n) is 6.77. The minimum absolute atomic E-state index is 0.412. The van der Waals surface area contributed by atoms with Crippen molar-refractivity contribution in [1.29, 1.82) is 0 Å². The fraction of sp³-hybridized carbons (Fsp3) is 0.611. The topological polar surface area (TPSA) is 78.3 Å². The maximum absolute atomic E-state index is 10.5. The molecule has 2 heterocycles. The van der Waals surface area contributed by atoms with Crippen molar-refractivity contribution in [1.82, 2.24) is 14.9 Å². The first kappa shape index (κ1) is 16.9. The predicted octanol–water partition coefficient (Wildman–Crippen LogP) is 2.78. The fourth-order valence-electron chi connectivity index (χ4n) is 3.77. The lowest BCUT2D eigenvalue weighted by Crippen LogP contribution is -2.47. The van der Waals surface area contributed by atoms with Gasteiger partial charge in [-0.05, 0) is 38.3 Å². The Hall–Kier alpha value is -1.95. The molecule has 0 bridgehead atoms. The number of rotatable bonds is 5. The number of piperidine rings is 1. The number of carboxylic acids is 1. The van der Waals surface area contributed by atoms with Crippen LogP contribution in [0.4, 0.5) is 5.82 Å². The molecule has 0 aromatic carbocycles. The van der Waals surface area contributed by atoms with Crippen LogP contribution in [0.5, 0.6) is 0 Å². The van der Waals surface area contributed by atoms with Gasteiger partial charge in [-0.15, -0.1) is 0 Å². The standard InChI is InChI=1S/C18H26N4O2/c23-18(24)9-8-14-11-20-17(12-19-14)21-15-5-4-10-22(13-15)16-6-2-1-3-7-16/h8-9,11-12,15-16H,1-7,10,13H2,(H,20,21)(H,23,24)/t15-/m1/s1. The summed E-state index contributed by atoms with van der Waals surface area (Å²) in [5.74, 6) is -0.220. The number of hydrogen-bond acceptors (Lipinski definition) is 5. The lowest BCUT2D eigenvalue weighted by atomic mass is 9.92. The van der Waals surface area contributed by atoms with Gasteiger partial charge in [-0.1, -0.05) is 19.3 Å². The van der Waals surface area contributed by atoms with Gasteiger partial charge in [-0.3, -0.25) is 9.88 Å². The van der Waals surface area contributed by atoms with E-state index in [9.17, 15) is 4.79 Å². The van der Waals surface area contributed by atoms with Gasteiger partial charge in [0, 0.05) is 24.7 Å². The Morgan fingerprint density at radius 3 is 2.71 bits per heavy atom. The second-order valence-corrected chi connectivity index (χ2v) is 6.77. The van der Waals surface area contributed by atoms with Crippen LogP contribution in [0.25, 0.3) is 6.08 Å². The average Bonchev–Trinajstić information content (AvgIpc) is 2.62. The van der Waals surface area contributed by atoms with Crippen molar-refractivity contribution in [3.63, 3.8) is 0 Å². The molecular formula is C18H26N4O2. The molecule has 3 rings (SSSR count). The van der Waals surface area contributed by atoms with Crippen LogP contribution in [0.2, 0.25) is 0 Å². The van der Waals surface area contributed by atoms with Gasteiger partial charge in [0.15, 0.2) is 0 Å². The highest BCUT2D eigenvalue weighted by molar-refractivity contribution is 5.84. The van der Waals surface area contributed by atoms with E-state index in [-0.39, 0.29) is 0 Å². The highest BCUT2D eigenvalue weighted by Crippen LogP contribution is 2.26. The lowest BCUT2D eigenvalue weighted by molar-refractivity contribution is -0.131. The molecule has 2 aliphatic rings. The normalized spacial score (nSPS) is 23.4. The molecule has 1 saturated heterocycles. The number of likely N-dealkylation sites (tertiary alicyclic amines) is 1. The Bertz CT molecular complexity index is 567. The molecule has 1 saturated carbocycles. The third-order valence-corrected chi connectivity index (χ3v) is 4.96. The molecule has 6 nitrogen and oxygen atoms in total. The molecule has 130 valence electrons. The Labute approximate surface area is 143 Å². The third kappa shape index (κ3) is 4.77. The molecule has 1 aliphatic heterocycles. The van der Waals surface area contributed by atoms with Gasteiger partial charge in [-0.25, -0.2) is 9.78 Å². The van der Waals surface area contributed by atoms with E-state index in [1.807, 2.05) is 0 Å². The molecule has 2 fully saturated rings. The molecule has 0 amide bonds. The summed E-state index contributed by atoms with van der Waals surface area (Å²) in [7, 11) is 0. The third-order valence-electron chi connectivity index (χ3n) is 4.96. The van der Waals surface area contributed by atoms with E-state index in [1.165, 1.54) is 51.1 Å². The smallest absolute Gasteiger partial charge is 0.328 e. The van der Waals surface area contributed by atoms with Crippen molar-refractivity contribution in [3.05, 3.63) is 24.2 Å². The van der Waals surface area contributed by atoms with E-state index in [0.717, 1.165) is 30.9 Å². The number of anilines is 1. The van der Waals surface area contributed by atoms with Crippen LogP contribution in [0.15, 0.2) is 18.5 Å². The fourth-order valence-corrected chi connectivity index (χ4v) is 3.77. The summed E-state index contributed by atoms with van der Waals surface area (Å²) >= 11 is 0. The SMILES string of the molecule is O=C(O)C=Cc1cnc(N[C@@H]2CCCN(C3CCCCC3)C2)cn1. The summed E-state index contributed by atoms with van der Waals surface area (Å²) < 4.78 is 0. The zero-order valence-corrected chi connectivity index (χ0v) is 14.0. The number of nitrogens with zero attached hydrogens (tertiary/aromatic N) is 3. The number of nitrogens with one attached hydrogen (secondary N) is 1. The van der Waals surface area contributed by atoms with E-state index < -0.39 is 5.97 Å². The number of carbonyl (C=O) groups is 1. The van der Waals surface area contributed by atoms with E-state index >= 15 is 0 Å². The molecule has 6 heteroatoms.